The van der Waals surface area contributed by atoms with Crippen LogP contribution in [0.3, 0.4) is 0 Å². The second-order valence-corrected chi connectivity index (χ2v) is 5.00. The molecule has 3 rings (SSSR count). The highest BCUT2D eigenvalue weighted by atomic mass is 16.5. The fourth-order valence-electron chi connectivity index (χ4n) is 2.27. The van der Waals surface area contributed by atoms with Gasteiger partial charge in [-0.05, 0) is 54.1 Å². The Hall–Kier alpha value is -3.01. The average Bonchev–Trinajstić information content (AvgIpc) is 2.96. The Bertz CT molecular complexity index is 768. The molecule has 1 heterocycles. The normalized spacial score (nSPS) is 15.3. The van der Waals surface area contributed by atoms with Crippen molar-refractivity contribution in [1.29, 1.82) is 0 Å². The molecule has 0 N–H and O–H groups in total. The summed E-state index contributed by atoms with van der Waals surface area (Å²) in [6, 6.07) is 14.8. The predicted molar refractivity (Wildman–Crippen MR) is 88.0 cm³/mol. The predicted octanol–water partition coefficient (Wildman–Crippen LogP) is 3.69. The zero-order valence-electron chi connectivity index (χ0n) is 12.9. The number of ether oxygens (including phenoxy) is 3. The first-order valence-electron chi connectivity index (χ1n) is 7.13. The number of esters is 1. The van der Waals surface area contributed by atoms with Gasteiger partial charge in [0.15, 0.2) is 0 Å². The van der Waals surface area contributed by atoms with E-state index in [1.54, 1.807) is 26.4 Å². The van der Waals surface area contributed by atoms with E-state index in [4.69, 9.17) is 14.2 Å². The van der Waals surface area contributed by atoms with Gasteiger partial charge in [0.2, 0.25) is 0 Å². The average molecular weight is 308 g/mol. The molecule has 0 atom stereocenters. The summed E-state index contributed by atoms with van der Waals surface area (Å²) in [7, 11) is 3.23. The third kappa shape index (κ3) is 3.26. The molecule has 0 aromatic heterocycles. The van der Waals surface area contributed by atoms with Crippen LogP contribution in [0.25, 0.3) is 11.8 Å². The summed E-state index contributed by atoms with van der Waals surface area (Å²) in [5.74, 6) is 1.72. The highest BCUT2D eigenvalue weighted by Crippen LogP contribution is 2.28. The molecule has 0 fully saturated rings. The lowest BCUT2D eigenvalue weighted by Crippen LogP contribution is -1.97. The van der Waals surface area contributed by atoms with Gasteiger partial charge >= 0.3 is 5.97 Å². The quantitative estimate of drug-likeness (QED) is 0.638. The highest BCUT2D eigenvalue weighted by Gasteiger charge is 2.21. The summed E-state index contributed by atoms with van der Waals surface area (Å²) >= 11 is 0. The molecule has 1 aliphatic heterocycles. The lowest BCUT2D eigenvalue weighted by Gasteiger charge is -2.03. The van der Waals surface area contributed by atoms with Gasteiger partial charge in [0.1, 0.15) is 17.3 Å². The maximum atomic E-state index is 12.0. The summed E-state index contributed by atoms with van der Waals surface area (Å²) in [6.45, 7) is 0. The van der Waals surface area contributed by atoms with Crippen LogP contribution in [0.5, 0.6) is 11.5 Å². The van der Waals surface area contributed by atoms with Gasteiger partial charge < -0.3 is 14.2 Å². The van der Waals surface area contributed by atoms with Gasteiger partial charge in [-0.15, -0.1) is 0 Å². The van der Waals surface area contributed by atoms with Crippen molar-refractivity contribution < 1.29 is 19.0 Å². The molecule has 4 heteroatoms. The Kier molecular flexibility index (Phi) is 4.15. The minimum absolute atomic E-state index is 0.355. The van der Waals surface area contributed by atoms with Crippen LogP contribution < -0.4 is 9.47 Å². The fraction of sp³-hybridized carbons (Fsp3) is 0.105. The molecule has 116 valence electrons. The minimum atomic E-state index is -0.355. The summed E-state index contributed by atoms with van der Waals surface area (Å²) in [5, 5.41) is 0. The van der Waals surface area contributed by atoms with Gasteiger partial charge in [-0.1, -0.05) is 12.1 Å². The highest BCUT2D eigenvalue weighted by molar-refractivity contribution is 6.05. The smallest absolute Gasteiger partial charge is 0.343 e. The van der Waals surface area contributed by atoms with Crippen LogP contribution >= 0.6 is 0 Å². The van der Waals surface area contributed by atoms with E-state index in [1.165, 1.54) is 0 Å². The standard InChI is InChI=1S/C19H16O4/c1-21-16-7-3-13(4-8-16)11-15-12-18(23-19(15)20)14-5-9-17(22-2)10-6-14/h3-12H,1-2H3. The number of benzene rings is 2. The molecular weight excluding hydrogens is 292 g/mol. The number of carbonyl (C=O) groups excluding carboxylic acids is 1. The fourth-order valence-corrected chi connectivity index (χ4v) is 2.27. The van der Waals surface area contributed by atoms with E-state index < -0.39 is 0 Å². The van der Waals surface area contributed by atoms with Crippen molar-refractivity contribution in [3.05, 3.63) is 71.3 Å². The van der Waals surface area contributed by atoms with E-state index >= 15 is 0 Å². The number of cyclic esters (lactones) is 1. The van der Waals surface area contributed by atoms with Crippen LogP contribution in [0, 0.1) is 0 Å². The molecule has 0 unspecified atom stereocenters. The second kappa shape index (κ2) is 6.40. The summed E-state index contributed by atoms with van der Waals surface area (Å²) in [6.07, 6.45) is 3.53. The molecule has 23 heavy (non-hydrogen) atoms. The van der Waals surface area contributed by atoms with E-state index in [0.29, 0.717) is 11.3 Å². The van der Waals surface area contributed by atoms with E-state index in [2.05, 4.69) is 0 Å². The first-order chi connectivity index (χ1) is 11.2. The van der Waals surface area contributed by atoms with Crippen LogP contribution in [-0.4, -0.2) is 20.2 Å². The summed E-state index contributed by atoms with van der Waals surface area (Å²) in [5.41, 5.74) is 2.25. The van der Waals surface area contributed by atoms with E-state index in [1.807, 2.05) is 48.5 Å². The van der Waals surface area contributed by atoms with Crippen molar-refractivity contribution in [2.45, 2.75) is 0 Å². The second-order valence-electron chi connectivity index (χ2n) is 5.00. The van der Waals surface area contributed by atoms with Crippen LogP contribution in [0.15, 0.2) is 60.2 Å². The lowest BCUT2D eigenvalue weighted by atomic mass is 10.1. The Morgan fingerprint density at radius 3 is 2.00 bits per heavy atom. The van der Waals surface area contributed by atoms with Gasteiger partial charge in [-0.2, -0.15) is 0 Å². The molecular formula is C19H16O4. The van der Waals surface area contributed by atoms with Crippen molar-refractivity contribution in [3.63, 3.8) is 0 Å². The summed E-state index contributed by atoms with van der Waals surface area (Å²) in [4.78, 5) is 12.0. The molecule has 1 aliphatic rings. The maximum Gasteiger partial charge on any atom is 0.343 e. The van der Waals surface area contributed by atoms with Crippen LogP contribution in [0.4, 0.5) is 0 Å². The van der Waals surface area contributed by atoms with Gasteiger partial charge in [-0.25, -0.2) is 4.79 Å². The monoisotopic (exact) mass is 308 g/mol. The molecule has 0 saturated carbocycles. The number of hydrogen-bond donors (Lipinski definition) is 0. The molecule has 0 radical (unpaired) electrons. The van der Waals surface area contributed by atoms with Gasteiger partial charge in [0.05, 0.1) is 19.8 Å². The topological polar surface area (TPSA) is 44.8 Å². The molecule has 0 aliphatic carbocycles. The molecule has 0 saturated heterocycles. The molecule has 2 aromatic rings. The number of methoxy groups -OCH3 is 2. The number of hydrogen-bond acceptors (Lipinski definition) is 4. The zero-order valence-corrected chi connectivity index (χ0v) is 12.9. The Balaban J connectivity index is 1.86. The van der Waals surface area contributed by atoms with E-state index in [9.17, 15) is 4.79 Å². The van der Waals surface area contributed by atoms with Gasteiger partial charge in [-0.3, -0.25) is 0 Å². The molecule has 0 bridgehead atoms. The molecule has 0 spiro atoms. The SMILES string of the molecule is COc1ccc(C=C2C=C(c3ccc(OC)cc3)OC2=O)cc1. The third-order valence-corrected chi connectivity index (χ3v) is 3.54. The van der Waals surface area contributed by atoms with Crippen LogP contribution in [0.1, 0.15) is 11.1 Å². The Morgan fingerprint density at radius 1 is 0.870 bits per heavy atom. The third-order valence-electron chi connectivity index (χ3n) is 3.54. The molecule has 0 amide bonds. The minimum Gasteiger partial charge on any atom is -0.497 e. The van der Waals surface area contributed by atoms with Crippen molar-refractivity contribution in [2.24, 2.45) is 0 Å². The molecule has 4 nitrogen and oxygen atoms in total. The van der Waals surface area contributed by atoms with Crippen molar-refractivity contribution in [1.82, 2.24) is 0 Å². The first-order valence-corrected chi connectivity index (χ1v) is 7.13. The maximum absolute atomic E-state index is 12.0. The van der Waals surface area contributed by atoms with Crippen LogP contribution in [0.2, 0.25) is 0 Å². The largest absolute Gasteiger partial charge is 0.497 e. The van der Waals surface area contributed by atoms with Crippen molar-refractivity contribution in [2.75, 3.05) is 14.2 Å². The molecule has 2 aromatic carbocycles. The summed E-state index contributed by atoms with van der Waals surface area (Å²) < 4.78 is 15.6. The lowest BCUT2D eigenvalue weighted by molar-refractivity contribution is -0.130. The van der Waals surface area contributed by atoms with E-state index in [-0.39, 0.29) is 5.97 Å². The van der Waals surface area contributed by atoms with Crippen molar-refractivity contribution >= 4 is 17.8 Å². The zero-order chi connectivity index (χ0) is 16.2. The van der Waals surface area contributed by atoms with Gasteiger partial charge in [0.25, 0.3) is 0 Å². The number of carbonyl (C=O) groups is 1. The van der Waals surface area contributed by atoms with Crippen molar-refractivity contribution in [3.8, 4) is 11.5 Å². The van der Waals surface area contributed by atoms with Crippen LogP contribution in [-0.2, 0) is 9.53 Å². The first kappa shape index (κ1) is 14.9. The Labute approximate surface area is 134 Å². The van der Waals surface area contributed by atoms with Gasteiger partial charge in [0, 0.05) is 5.56 Å². The number of rotatable bonds is 4. The van der Waals surface area contributed by atoms with E-state index in [0.717, 1.165) is 22.6 Å². The Morgan fingerprint density at radius 2 is 1.43 bits per heavy atom.